The van der Waals surface area contributed by atoms with E-state index in [4.69, 9.17) is 0 Å². The third kappa shape index (κ3) is 1.48. The number of aliphatic hydroxyl groups is 1. The van der Waals surface area contributed by atoms with Crippen molar-refractivity contribution in [1.82, 2.24) is 14.9 Å². The molecule has 4 heteroatoms. The Morgan fingerprint density at radius 2 is 2.20 bits per heavy atom. The van der Waals surface area contributed by atoms with E-state index in [1.807, 2.05) is 6.33 Å². The Morgan fingerprint density at radius 3 is 3.00 bits per heavy atom. The lowest BCUT2D eigenvalue weighted by Crippen LogP contribution is -2.24. The zero-order valence-corrected chi connectivity index (χ0v) is 8.82. The molecule has 0 saturated carbocycles. The van der Waals surface area contributed by atoms with Gasteiger partial charge in [-0.15, -0.1) is 0 Å². The van der Waals surface area contributed by atoms with Gasteiger partial charge in [0.2, 0.25) is 0 Å². The van der Waals surface area contributed by atoms with Crippen molar-refractivity contribution in [2.75, 3.05) is 13.1 Å². The highest BCUT2D eigenvalue weighted by Gasteiger charge is 2.29. The summed E-state index contributed by atoms with van der Waals surface area (Å²) in [6.45, 7) is 1.57. The Kier molecular flexibility index (Phi) is 2.25. The van der Waals surface area contributed by atoms with Gasteiger partial charge in [-0.25, -0.2) is 4.98 Å². The number of aryl methyl sites for hydroxylation is 1. The SMILES string of the molecule is OC1CNCC1n1cnc2c1CCCC2. The Bertz CT molecular complexity index is 361. The number of aliphatic hydroxyl groups excluding tert-OH is 1. The molecular formula is C11H17N3O. The van der Waals surface area contributed by atoms with Gasteiger partial charge in [0.05, 0.1) is 24.2 Å². The lowest BCUT2D eigenvalue weighted by molar-refractivity contribution is 0.149. The van der Waals surface area contributed by atoms with Crippen molar-refractivity contribution in [1.29, 1.82) is 0 Å². The molecule has 2 heterocycles. The fourth-order valence-electron chi connectivity index (χ4n) is 2.71. The zero-order valence-electron chi connectivity index (χ0n) is 8.82. The minimum Gasteiger partial charge on any atom is -0.390 e. The van der Waals surface area contributed by atoms with E-state index in [0.29, 0.717) is 6.54 Å². The van der Waals surface area contributed by atoms with Gasteiger partial charge in [-0.1, -0.05) is 0 Å². The first kappa shape index (κ1) is 9.36. The molecule has 4 nitrogen and oxygen atoms in total. The van der Waals surface area contributed by atoms with Crippen LogP contribution in [0.3, 0.4) is 0 Å². The second kappa shape index (κ2) is 3.61. The number of hydrogen-bond acceptors (Lipinski definition) is 3. The summed E-state index contributed by atoms with van der Waals surface area (Å²) in [5, 5.41) is 13.1. The third-order valence-corrected chi connectivity index (χ3v) is 3.57. The molecule has 1 aliphatic heterocycles. The predicted molar refractivity (Wildman–Crippen MR) is 56.8 cm³/mol. The highest BCUT2D eigenvalue weighted by Crippen LogP contribution is 2.25. The van der Waals surface area contributed by atoms with Crippen molar-refractivity contribution >= 4 is 0 Å². The van der Waals surface area contributed by atoms with Crippen molar-refractivity contribution in [2.24, 2.45) is 0 Å². The molecule has 0 radical (unpaired) electrons. The van der Waals surface area contributed by atoms with Gasteiger partial charge < -0.3 is 15.0 Å². The Hall–Kier alpha value is -0.870. The van der Waals surface area contributed by atoms with Gasteiger partial charge in [0.1, 0.15) is 0 Å². The molecule has 1 saturated heterocycles. The first-order valence-corrected chi connectivity index (χ1v) is 5.79. The molecule has 2 unspecified atom stereocenters. The molecule has 1 aromatic heterocycles. The molecule has 1 aliphatic carbocycles. The lowest BCUT2D eigenvalue weighted by atomic mass is 10.0. The molecule has 0 spiro atoms. The van der Waals surface area contributed by atoms with E-state index in [2.05, 4.69) is 14.9 Å². The molecule has 2 N–H and O–H groups in total. The molecule has 1 fully saturated rings. The quantitative estimate of drug-likeness (QED) is 0.695. The minimum atomic E-state index is -0.259. The molecule has 0 amide bonds. The fourth-order valence-corrected chi connectivity index (χ4v) is 2.71. The smallest absolute Gasteiger partial charge is 0.0955 e. The second-order valence-electron chi connectivity index (χ2n) is 4.55. The van der Waals surface area contributed by atoms with Crippen LogP contribution in [0.25, 0.3) is 0 Å². The summed E-state index contributed by atoms with van der Waals surface area (Å²) < 4.78 is 2.19. The van der Waals surface area contributed by atoms with E-state index < -0.39 is 0 Å². The second-order valence-corrected chi connectivity index (χ2v) is 4.55. The van der Waals surface area contributed by atoms with Crippen LogP contribution in [0.1, 0.15) is 30.3 Å². The van der Waals surface area contributed by atoms with Crippen LogP contribution >= 0.6 is 0 Å². The highest BCUT2D eigenvalue weighted by atomic mass is 16.3. The van der Waals surface area contributed by atoms with Crippen LogP contribution in [-0.2, 0) is 12.8 Å². The van der Waals surface area contributed by atoms with Crippen LogP contribution in [0.5, 0.6) is 0 Å². The van der Waals surface area contributed by atoms with Gasteiger partial charge in [0, 0.05) is 18.8 Å². The summed E-state index contributed by atoms with van der Waals surface area (Å²) in [4.78, 5) is 4.46. The normalized spacial score (nSPS) is 30.5. The molecule has 15 heavy (non-hydrogen) atoms. The Morgan fingerprint density at radius 1 is 1.33 bits per heavy atom. The number of nitrogens with one attached hydrogen (secondary N) is 1. The number of nitrogens with zero attached hydrogens (tertiary/aromatic N) is 2. The molecule has 0 aromatic carbocycles. The Labute approximate surface area is 89.3 Å². The monoisotopic (exact) mass is 207 g/mol. The summed E-state index contributed by atoms with van der Waals surface area (Å²) >= 11 is 0. The van der Waals surface area contributed by atoms with Gasteiger partial charge >= 0.3 is 0 Å². The molecule has 0 bridgehead atoms. The molecule has 2 aliphatic rings. The average Bonchev–Trinajstić information content (AvgIpc) is 2.83. The summed E-state index contributed by atoms with van der Waals surface area (Å²) in [5.41, 5.74) is 2.61. The van der Waals surface area contributed by atoms with Crippen LogP contribution < -0.4 is 5.32 Å². The summed E-state index contributed by atoms with van der Waals surface area (Å²) in [6.07, 6.45) is 6.41. The highest BCUT2D eigenvalue weighted by molar-refractivity contribution is 5.18. The maximum absolute atomic E-state index is 9.85. The number of β-amino-alcohol motifs (C(OH)–C–C–N with tert-alkyl or cyclic N) is 1. The molecule has 82 valence electrons. The third-order valence-electron chi connectivity index (χ3n) is 3.57. The number of imidazole rings is 1. The molecule has 3 rings (SSSR count). The standard InChI is InChI=1S/C11H17N3O/c15-11-6-12-5-10(11)14-7-13-8-3-1-2-4-9(8)14/h7,10-12,15H,1-6H2. The van der Waals surface area contributed by atoms with E-state index in [0.717, 1.165) is 19.4 Å². The zero-order chi connectivity index (χ0) is 10.3. The van der Waals surface area contributed by atoms with Crippen LogP contribution in [0.15, 0.2) is 6.33 Å². The Balaban J connectivity index is 1.94. The van der Waals surface area contributed by atoms with Crippen LogP contribution in [0.2, 0.25) is 0 Å². The molecular weight excluding hydrogens is 190 g/mol. The molecule has 1 aromatic rings. The van der Waals surface area contributed by atoms with E-state index in [1.165, 1.54) is 24.2 Å². The first-order valence-electron chi connectivity index (χ1n) is 5.79. The predicted octanol–water partition coefficient (Wildman–Crippen LogP) is 0.267. The van der Waals surface area contributed by atoms with E-state index in [9.17, 15) is 5.11 Å². The van der Waals surface area contributed by atoms with Crippen molar-refractivity contribution in [3.05, 3.63) is 17.7 Å². The van der Waals surface area contributed by atoms with Crippen molar-refractivity contribution in [3.8, 4) is 0 Å². The lowest BCUT2D eigenvalue weighted by Gasteiger charge is -2.20. The van der Waals surface area contributed by atoms with Crippen molar-refractivity contribution in [2.45, 2.75) is 37.8 Å². The fraction of sp³-hybridized carbons (Fsp3) is 0.727. The van der Waals surface area contributed by atoms with Crippen LogP contribution in [-0.4, -0.2) is 33.9 Å². The number of fused-ring (bicyclic) bond motifs is 1. The number of aromatic nitrogens is 2. The van der Waals surface area contributed by atoms with Crippen LogP contribution in [0, 0.1) is 0 Å². The first-order chi connectivity index (χ1) is 7.36. The maximum Gasteiger partial charge on any atom is 0.0955 e. The van der Waals surface area contributed by atoms with Gasteiger partial charge in [-0.05, 0) is 25.7 Å². The van der Waals surface area contributed by atoms with Crippen molar-refractivity contribution < 1.29 is 5.11 Å². The van der Waals surface area contributed by atoms with Gasteiger partial charge in [-0.3, -0.25) is 0 Å². The number of rotatable bonds is 1. The van der Waals surface area contributed by atoms with E-state index >= 15 is 0 Å². The van der Waals surface area contributed by atoms with E-state index in [-0.39, 0.29) is 12.1 Å². The number of hydrogen-bond donors (Lipinski definition) is 2. The van der Waals surface area contributed by atoms with Crippen LogP contribution in [0.4, 0.5) is 0 Å². The van der Waals surface area contributed by atoms with Crippen molar-refractivity contribution in [3.63, 3.8) is 0 Å². The molecule has 2 atom stereocenters. The van der Waals surface area contributed by atoms with Gasteiger partial charge in [0.25, 0.3) is 0 Å². The summed E-state index contributed by atoms with van der Waals surface area (Å²) in [7, 11) is 0. The average molecular weight is 207 g/mol. The topological polar surface area (TPSA) is 50.1 Å². The largest absolute Gasteiger partial charge is 0.390 e. The summed E-state index contributed by atoms with van der Waals surface area (Å²) in [6, 6.07) is 0.194. The van der Waals surface area contributed by atoms with E-state index in [1.54, 1.807) is 0 Å². The van der Waals surface area contributed by atoms with Gasteiger partial charge in [0.15, 0.2) is 0 Å². The summed E-state index contributed by atoms with van der Waals surface area (Å²) in [5.74, 6) is 0. The minimum absolute atomic E-state index is 0.194. The maximum atomic E-state index is 9.85. The van der Waals surface area contributed by atoms with Gasteiger partial charge in [-0.2, -0.15) is 0 Å².